The quantitative estimate of drug-likeness (QED) is 0.923. The third kappa shape index (κ3) is 2.42. The molecule has 1 aliphatic heterocycles. The van der Waals surface area contributed by atoms with Crippen molar-refractivity contribution >= 4 is 11.6 Å². The molecule has 1 heterocycles. The van der Waals surface area contributed by atoms with Gasteiger partial charge in [-0.25, -0.2) is 4.39 Å². The number of hydrogen-bond donors (Lipinski definition) is 1. The van der Waals surface area contributed by atoms with Crippen LogP contribution in [0.5, 0.6) is 11.5 Å². The highest BCUT2D eigenvalue weighted by atomic mass is 19.1. The monoisotopic (exact) mass is 287 g/mol. The number of carbonyl (C=O) groups excluding carboxylic acids is 1. The molecule has 1 aliphatic rings. The van der Waals surface area contributed by atoms with E-state index in [4.69, 9.17) is 4.74 Å². The van der Waals surface area contributed by atoms with E-state index < -0.39 is 6.10 Å². The Morgan fingerprint density at radius 2 is 2.05 bits per heavy atom. The highest BCUT2D eigenvalue weighted by Crippen LogP contribution is 2.36. The van der Waals surface area contributed by atoms with Crippen molar-refractivity contribution in [1.82, 2.24) is 0 Å². The van der Waals surface area contributed by atoms with Crippen LogP contribution in [0, 0.1) is 5.82 Å². The van der Waals surface area contributed by atoms with Gasteiger partial charge >= 0.3 is 0 Å². The number of likely N-dealkylation sites (N-methyl/N-ethyl adjacent to an activating group) is 1. The van der Waals surface area contributed by atoms with E-state index in [1.807, 2.05) is 0 Å². The Labute approximate surface area is 121 Å². The normalized spacial score (nSPS) is 17.3. The zero-order valence-corrected chi connectivity index (χ0v) is 11.4. The smallest absolute Gasteiger partial charge is 0.268 e. The lowest BCUT2D eigenvalue weighted by Crippen LogP contribution is -2.45. The molecule has 21 heavy (non-hydrogen) atoms. The highest BCUT2D eigenvalue weighted by Gasteiger charge is 2.33. The topological polar surface area (TPSA) is 49.8 Å². The number of phenolic OH excluding ortho intramolecular Hbond substituents is 1. The van der Waals surface area contributed by atoms with Crippen LogP contribution in [0.2, 0.25) is 0 Å². The molecule has 4 nitrogen and oxygen atoms in total. The minimum Gasteiger partial charge on any atom is -0.508 e. The largest absolute Gasteiger partial charge is 0.508 e. The second-order valence-corrected chi connectivity index (χ2v) is 4.95. The van der Waals surface area contributed by atoms with Crippen molar-refractivity contribution < 1.29 is 19.0 Å². The van der Waals surface area contributed by atoms with Crippen molar-refractivity contribution in [3.63, 3.8) is 0 Å². The fraction of sp³-hybridized carbons (Fsp3) is 0.188. The van der Waals surface area contributed by atoms with Crippen molar-refractivity contribution in [3.8, 4) is 11.5 Å². The van der Waals surface area contributed by atoms with Crippen LogP contribution < -0.4 is 9.64 Å². The third-order valence-electron chi connectivity index (χ3n) is 3.54. The Morgan fingerprint density at radius 3 is 2.81 bits per heavy atom. The van der Waals surface area contributed by atoms with Gasteiger partial charge in [0.05, 0.1) is 5.69 Å². The Hall–Kier alpha value is -2.56. The SMILES string of the molecule is CN1C(=O)C(Cc2ccccc2F)Oc2cc(O)ccc21. The van der Waals surface area contributed by atoms with Gasteiger partial charge in [0.15, 0.2) is 6.10 Å². The number of halogens is 1. The summed E-state index contributed by atoms with van der Waals surface area (Å²) < 4.78 is 19.3. The maximum atomic E-state index is 13.7. The number of hydrogen-bond acceptors (Lipinski definition) is 3. The van der Waals surface area contributed by atoms with Gasteiger partial charge in [0.25, 0.3) is 5.91 Å². The van der Waals surface area contributed by atoms with Gasteiger partial charge in [0, 0.05) is 19.5 Å². The number of fused-ring (bicyclic) bond motifs is 1. The van der Waals surface area contributed by atoms with E-state index in [1.54, 1.807) is 31.3 Å². The zero-order chi connectivity index (χ0) is 15.0. The molecular formula is C16H14FNO3. The van der Waals surface area contributed by atoms with E-state index >= 15 is 0 Å². The van der Waals surface area contributed by atoms with Crippen molar-refractivity contribution in [3.05, 3.63) is 53.8 Å². The highest BCUT2D eigenvalue weighted by molar-refractivity contribution is 5.99. The Morgan fingerprint density at radius 1 is 1.29 bits per heavy atom. The van der Waals surface area contributed by atoms with Gasteiger partial charge in [0.2, 0.25) is 0 Å². The van der Waals surface area contributed by atoms with Crippen LogP contribution in [0.1, 0.15) is 5.56 Å². The minimum atomic E-state index is -0.804. The molecule has 0 bridgehead atoms. The number of ether oxygens (including phenoxy) is 1. The molecule has 3 rings (SSSR count). The number of aromatic hydroxyl groups is 1. The Balaban J connectivity index is 1.91. The molecule has 108 valence electrons. The van der Waals surface area contributed by atoms with E-state index in [0.717, 1.165) is 0 Å². The molecule has 1 amide bonds. The second kappa shape index (κ2) is 5.09. The number of carbonyl (C=O) groups is 1. The second-order valence-electron chi connectivity index (χ2n) is 4.95. The van der Waals surface area contributed by atoms with E-state index in [1.165, 1.54) is 23.1 Å². The van der Waals surface area contributed by atoms with Gasteiger partial charge in [-0.05, 0) is 23.8 Å². The van der Waals surface area contributed by atoms with E-state index in [2.05, 4.69) is 0 Å². The maximum Gasteiger partial charge on any atom is 0.268 e. The van der Waals surface area contributed by atoms with Crippen LogP contribution in [0.4, 0.5) is 10.1 Å². The predicted molar refractivity (Wildman–Crippen MR) is 76.0 cm³/mol. The molecule has 0 aliphatic carbocycles. The number of anilines is 1. The Bertz CT molecular complexity index is 702. The fourth-order valence-electron chi connectivity index (χ4n) is 2.41. The summed E-state index contributed by atoms with van der Waals surface area (Å²) in [5.41, 5.74) is 1.01. The number of nitrogens with zero attached hydrogens (tertiary/aromatic N) is 1. The number of rotatable bonds is 2. The first-order valence-corrected chi connectivity index (χ1v) is 6.57. The van der Waals surface area contributed by atoms with Crippen LogP contribution in [0.25, 0.3) is 0 Å². The molecule has 0 aromatic heterocycles. The first-order valence-electron chi connectivity index (χ1n) is 6.57. The predicted octanol–water partition coefficient (Wildman–Crippen LogP) is 2.50. The molecule has 0 saturated heterocycles. The molecule has 1 unspecified atom stereocenters. The van der Waals surface area contributed by atoms with Gasteiger partial charge in [-0.3, -0.25) is 4.79 Å². The van der Waals surface area contributed by atoms with Crippen molar-refractivity contribution in [2.75, 3.05) is 11.9 Å². The molecule has 0 fully saturated rings. The molecular weight excluding hydrogens is 273 g/mol. The summed E-state index contributed by atoms with van der Waals surface area (Å²) in [5.74, 6) is -0.130. The van der Waals surface area contributed by atoms with E-state index in [0.29, 0.717) is 17.0 Å². The van der Waals surface area contributed by atoms with Crippen LogP contribution in [-0.4, -0.2) is 24.2 Å². The van der Waals surface area contributed by atoms with Crippen LogP contribution >= 0.6 is 0 Å². The third-order valence-corrected chi connectivity index (χ3v) is 3.54. The standard InChI is InChI=1S/C16H14FNO3/c1-18-13-7-6-11(19)9-14(13)21-15(16(18)20)8-10-4-2-3-5-12(10)17/h2-7,9,15,19H,8H2,1H3. The summed E-state index contributed by atoms with van der Waals surface area (Å²) in [6.45, 7) is 0. The van der Waals surface area contributed by atoms with Crippen molar-refractivity contribution in [2.24, 2.45) is 0 Å². The molecule has 0 radical (unpaired) electrons. The van der Waals surface area contributed by atoms with Gasteiger partial charge < -0.3 is 14.7 Å². The van der Waals surface area contributed by atoms with Gasteiger partial charge in [-0.15, -0.1) is 0 Å². The molecule has 5 heteroatoms. The Kier molecular flexibility index (Phi) is 3.25. The summed E-state index contributed by atoms with van der Waals surface area (Å²) in [7, 11) is 1.63. The first-order chi connectivity index (χ1) is 10.1. The van der Waals surface area contributed by atoms with Crippen LogP contribution in [-0.2, 0) is 11.2 Å². The lowest BCUT2D eigenvalue weighted by molar-refractivity contribution is -0.126. The average Bonchev–Trinajstić information content (AvgIpc) is 2.46. The molecule has 0 saturated carbocycles. The summed E-state index contributed by atoms with van der Waals surface area (Å²) in [5, 5.41) is 9.52. The molecule has 1 N–H and O–H groups in total. The number of amides is 1. The molecule has 2 aromatic rings. The van der Waals surface area contributed by atoms with Gasteiger partial charge in [-0.1, -0.05) is 18.2 Å². The van der Waals surface area contributed by atoms with Crippen molar-refractivity contribution in [1.29, 1.82) is 0 Å². The van der Waals surface area contributed by atoms with E-state index in [9.17, 15) is 14.3 Å². The fourth-order valence-corrected chi connectivity index (χ4v) is 2.41. The zero-order valence-electron chi connectivity index (χ0n) is 11.4. The number of phenols is 1. The van der Waals surface area contributed by atoms with Gasteiger partial charge in [-0.2, -0.15) is 0 Å². The van der Waals surface area contributed by atoms with Crippen molar-refractivity contribution in [2.45, 2.75) is 12.5 Å². The summed E-state index contributed by atoms with van der Waals surface area (Å²) in [6.07, 6.45) is -0.661. The molecule has 0 spiro atoms. The summed E-state index contributed by atoms with van der Waals surface area (Å²) >= 11 is 0. The summed E-state index contributed by atoms with van der Waals surface area (Å²) in [6, 6.07) is 10.9. The van der Waals surface area contributed by atoms with Gasteiger partial charge in [0.1, 0.15) is 17.3 Å². The molecule has 1 atom stereocenters. The summed E-state index contributed by atoms with van der Waals surface area (Å²) in [4.78, 5) is 13.8. The van der Waals surface area contributed by atoms with Crippen LogP contribution in [0.15, 0.2) is 42.5 Å². The average molecular weight is 287 g/mol. The first kappa shape index (κ1) is 13.4. The minimum absolute atomic E-state index is 0.0566. The maximum absolute atomic E-state index is 13.7. The lowest BCUT2D eigenvalue weighted by atomic mass is 10.0. The molecule has 2 aromatic carbocycles. The van der Waals surface area contributed by atoms with Crippen LogP contribution in [0.3, 0.4) is 0 Å². The lowest BCUT2D eigenvalue weighted by Gasteiger charge is -2.32. The number of benzene rings is 2. The van der Waals surface area contributed by atoms with E-state index in [-0.39, 0.29) is 23.9 Å².